The van der Waals surface area contributed by atoms with Crippen LogP contribution in [0.3, 0.4) is 0 Å². The number of carboxylic acids is 1. The number of Topliss-reactive ketones (excluding diaryl/α,β-unsaturated/α-hetero) is 1. The van der Waals surface area contributed by atoms with Crippen LogP contribution in [0.25, 0.3) is 10.9 Å². The van der Waals surface area contributed by atoms with Crippen molar-refractivity contribution in [2.45, 2.75) is 164 Å². The third kappa shape index (κ3) is 18.5. The van der Waals surface area contributed by atoms with E-state index in [4.69, 9.17) is 10.5 Å². The number of carbonyl (C=O) groups excluding carboxylic acids is 7. The number of rotatable bonds is 29. The lowest BCUT2D eigenvalue weighted by atomic mass is 9.76. The number of likely N-dealkylation sites (N-methyl/N-ethyl adjacent to an activating group) is 2. The summed E-state index contributed by atoms with van der Waals surface area (Å²) in [6, 6.07) is 24.7. The number of urea groups is 1. The third-order valence-electron chi connectivity index (χ3n) is 16.9. The van der Waals surface area contributed by atoms with Crippen molar-refractivity contribution in [1.82, 2.24) is 30.7 Å². The summed E-state index contributed by atoms with van der Waals surface area (Å²) in [5.74, 6) is 1.90. The molecule has 19 heteroatoms. The number of ketones is 1. The molecule has 1 aliphatic heterocycles. The van der Waals surface area contributed by atoms with Gasteiger partial charge in [0.1, 0.15) is 6.04 Å². The quantitative estimate of drug-likeness (QED) is 0.0135. The fraction of sp³-hybridized carbons (Fsp3) is 0.465. The molecule has 4 aromatic carbocycles. The molecule has 7 amide bonds. The van der Waals surface area contributed by atoms with Gasteiger partial charge in [0.05, 0.1) is 43.1 Å². The molecule has 1 aliphatic rings. The van der Waals surface area contributed by atoms with Gasteiger partial charge in [-0.25, -0.2) is 9.59 Å². The molecule has 482 valence electrons. The largest absolute Gasteiger partial charge is 0.478 e. The first kappa shape index (κ1) is 70.5. The smallest absolute Gasteiger partial charge is 0.331 e. The molecule has 90 heavy (non-hydrogen) atoms. The predicted octanol–water partition coefficient (Wildman–Crippen LogP) is 9.07. The zero-order valence-electron chi connectivity index (χ0n) is 54.8. The van der Waals surface area contributed by atoms with Crippen LogP contribution in [0.5, 0.6) is 0 Å². The molecule has 5 aromatic rings. The molecule has 6 rings (SSSR count). The van der Waals surface area contributed by atoms with E-state index < -0.39 is 64.7 Å². The number of ether oxygens (including phenoxy) is 1. The van der Waals surface area contributed by atoms with Crippen molar-refractivity contribution in [1.29, 1.82) is 0 Å². The number of aryl methyl sites for hydroxylation is 1. The monoisotopic (exact) mass is 1230 g/mol. The average molecular weight is 1230 g/mol. The van der Waals surface area contributed by atoms with Crippen LogP contribution in [0.1, 0.15) is 142 Å². The van der Waals surface area contributed by atoms with Crippen LogP contribution in [0.4, 0.5) is 16.2 Å². The number of hydrogen-bond donors (Lipinski definition) is 7. The van der Waals surface area contributed by atoms with E-state index in [1.54, 1.807) is 37.2 Å². The Hall–Kier alpha value is -8.60. The zero-order valence-corrected chi connectivity index (χ0v) is 54.8. The van der Waals surface area contributed by atoms with Crippen LogP contribution in [-0.2, 0) is 70.3 Å². The third-order valence-corrected chi connectivity index (χ3v) is 16.9. The minimum Gasteiger partial charge on any atom is -0.478 e. The molecule has 0 saturated heterocycles. The van der Waals surface area contributed by atoms with E-state index in [0.717, 1.165) is 38.7 Å². The summed E-state index contributed by atoms with van der Waals surface area (Å²) in [5, 5.41) is 25.3. The van der Waals surface area contributed by atoms with Crippen LogP contribution in [0, 0.1) is 35.0 Å². The standard InChI is InChI=1S/C71H93N9O10/c1-43(2)58(36-45(5)68(87)88)79(14)67(86)64(70(7,8)9)77-66(85)63(73-12)71(10,11)55-41-78(13)57-32-27-48(38-54(55)57)37-46(6)90-42-47-25-30-53(31-26-47)75-65(84)51(23-19-35-74-69(72)89)39-59(81)62(44(3)4)76-60(82)33-34-61(83)80-40-52-22-16-15-20-49(52)28-29-50-21-17-18-24-56(50)80/h15-18,20-22,24-27,30-32,36,38,41,43-44,46,51,58,62-64,73H,19,23,33-35,37,39-40,42H2,1-14H3,(H,75,84)(H,76,82)(H,77,85)(H,87,88)(H3,72,74,89)/b45-36+/t46?,51-,58-,62+,63+,64-/m1/s1. The average Bonchev–Trinajstić information content (AvgIpc) is 1.57. The van der Waals surface area contributed by atoms with E-state index in [0.29, 0.717) is 29.8 Å². The van der Waals surface area contributed by atoms with E-state index in [2.05, 4.69) is 56.6 Å². The molecule has 2 heterocycles. The van der Waals surface area contributed by atoms with Gasteiger partial charge in [-0.2, -0.15) is 0 Å². The van der Waals surface area contributed by atoms with Gasteiger partial charge in [0.2, 0.25) is 29.5 Å². The van der Waals surface area contributed by atoms with E-state index in [9.17, 15) is 43.5 Å². The number of benzene rings is 4. The molecule has 6 atom stereocenters. The Kier molecular flexibility index (Phi) is 24.5. The first-order valence-electron chi connectivity index (χ1n) is 31.0. The molecule has 0 radical (unpaired) electrons. The number of nitrogens with one attached hydrogen (secondary N) is 5. The first-order valence-corrected chi connectivity index (χ1v) is 31.0. The maximum atomic E-state index is 14.5. The van der Waals surface area contributed by atoms with Crippen molar-refractivity contribution < 1.29 is 48.2 Å². The highest BCUT2D eigenvalue weighted by molar-refractivity contribution is 6.00. The Labute approximate surface area is 530 Å². The molecular weight excluding hydrogens is 1140 g/mol. The lowest BCUT2D eigenvalue weighted by Gasteiger charge is -2.39. The summed E-state index contributed by atoms with van der Waals surface area (Å²) >= 11 is 0. The lowest BCUT2D eigenvalue weighted by molar-refractivity contribution is -0.141. The Morgan fingerprint density at radius 2 is 1.44 bits per heavy atom. The Balaban J connectivity index is 1.07. The topological polar surface area (TPSA) is 264 Å². The summed E-state index contributed by atoms with van der Waals surface area (Å²) in [6.07, 6.45) is 4.10. The number of amides is 7. The second-order valence-electron chi connectivity index (χ2n) is 26.1. The van der Waals surface area contributed by atoms with Crippen LogP contribution in [0.15, 0.2) is 109 Å². The van der Waals surface area contributed by atoms with E-state index >= 15 is 0 Å². The van der Waals surface area contributed by atoms with Crippen LogP contribution < -0.4 is 37.2 Å². The Morgan fingerprint density at radius 1 is 0.800 bits per heavy atom. The van der Waals surface area contributed by atoms with Gasteiger partial charge in [0.15, 0.2) is 5.78 Å². The van der Waals surface area contributed by atoms with Crippen molar-refractivity contribution in [2.75, 3.05) is 30.9 Å². The van der Waals surface area contributed by atoms with Gasteiger partial charge in [0.25, 0.3) is 0 Å². The number of aliphatic carboxylic acids is 1. The number of anilines is 2. The van der Waals surface area contributed by atoms with Crippen molar-refractivity contribution in [3.05, 3.63) is 142 Å². The van der Waals surface area contributed by atoms with Gasteiger partial charge < -0.3 is 56.5 Å². The first-order chi connectivity index (χ1) is 42.4. The highest BCUT2D eigenvalue weighted by atomic mass is 16.5. The Bertz CT molecular complexity index is 3510. The molecular formula is C71H93N9O10. The maximum Gasteiger partial charge on any atom is 0.331 e. The van der Waals surface area contributed by atoms with E-state index in [1.165, 1.54) is 11.8 Å². The second-order valence-corrected chi connectivity index (χ2v) is 26.1. The highest BCUT2D eigenvalue weighted by Gasteiger charge is 2.43. The second kappa shape index (κ2) is 31.2. The maximum absolute atomic E-state index is 14.5. The number of nitrogens with zero attached hydrogens (tertiary/aromatic N) is 3. The minimum atomic E-state index is -1.07. The number of carboxylic acid groups (broad SMARTS) is 1. The molecule has 0 bridgehead atoms. The minimum absolute atomic E-state index is 0.0991. The fourth-order valence-electron chi connectivity index (χ4n) is 11.6. The number of aromatic nitrogens is 1. The predicted molar refractivity (Wildman–Crippen MR) is 352 cm³/mol. The highest BCUT2D eigenvalue weighted by Crippen LogP contribution is 2.36. The molecule has 0 fully saturated rings. The van der Waals surface area contributed by atoms with Gasteiger partial charge in [-0.1, -0.05) is 129 Å². The molecule has 1 unspecified atom stereocenters. The van der Waals surface area contributed by atoms with Crippen LogP contribution in [-0.4, -0.2) is 113 Å². The van der Waals surface area contributed by atoms with Crippen molar-refractivity contribution in [2.24, 2.45) is 36.0 Å². The number of carbonyl (C=O) groups is 8. The van der Waals surface area contributed by atoms with Gasteiger partial charge >= 0.3 is 12.0 Å². The van der Waals surface area contributed by atoms with Gasteiger partial charge in [-0.05, 0) is 122 Å². The number of primary amides is 1. The zero-order chi connectivity index (χ0) is 66.4. The Morgan fingerprint density at radius 3 is 2.08 bits per heavy atom. The van der Waals surface area contributed by atoms with Gasteiger partial charge in [-0.3, -0.25) is 28.8 Å². The van der Waals surface area contributed by atoms with Crippen LogP contribution >= 0.6 is 0 Å². The van der Waals surface area contributed by atoms with Gasteiger partial charge in [0, 0.05) is 90.7 Å². The summed E-state index contributed by atoms with van der Waals surface area (Å²) in [5.41, 5.74) is 11.3. The number of nitrogens with two attached hydrogens (primary N) is 1. The summed E-state index contributed by atoms with van der Waals surface area (Å²) in [6.45, 7) is 21.4. The SMILES string of the molecule is CN[C@@H](C(=O)N[C@H](C(=O)N(C)[C@H](/C=C(\C)C(=O)O)C(C)C)C(C)(C)C)C(C)(C)c1cn(C)c2ccc(CC(C)OCc3ccc(NC(=O)[C@H](CCCNC(N)=O)CC(=O)[C@@H](NC(=O)CCC(=O)N4Cc5ccccc5C#Cc5ccccc54)C(C)C)cc3)cc12. The van der Waals surface area contributed by atoms with Crippen LogP contribution in [0.2, 0.25) is 0 Å². The lowest BCUT2D eigenvalue weighted by Crippen LogP contribution is -2.61. The van der Waals surface area contributed by atoms with Crippen molar-refractivity contribution in [3.63, 3.8) is 0 Å². The van der Waals surface area contributed by atoms with E-state index in [1.807, 2.05) is 148 Å². The number of para-hydroxylation sites is 1. The summed E-state index contributed by atoms with van der Waals surface area (Å²) in [7, 11) is 5.34. The molecule has 19 nitrogen and oxygen atoms in total. The number of fused-ring (bicyclic) bond motifs is 3. The van der Waals surface area contributed by atoms with Crippen molar-refractivity contribution in [3.8, 4) is 11.8 Å². The van der Waals surface area contributed by atoms with Crippen molar-refractivity contribution >= 4 is 69.6 Å². The molecule has 8 N–H and O–H groups in total. The normalized spacial score (nSPS) is 14.5. The summed E-state index contributed by atoms with van der Waals surface area (Å²) in [4.78, 5) is 111. The molecule has 0 aliphatic carbocycles. The number of hydrogen-bond acceptors (Lipinski definition) is 10. The molecule has 1 aromatic heterocycles. The molecule has 0 spiro atoms. The fourth-order valence-corrected chi connectivity index (χ4v) is 11.6. The summed E-state index contributed by atoms with van der Waals surface area (Å²) < 4.78 is 8.42. The molecule has 0 saturated carbocycles. The van der Waals surface area contributed by atoms with E-state index in [-0.39, 0.29) is 92.4 Å². The van der Waals surface area contributed by atoms with Gasteiger partial charge in [-0.15, -0.1) is 0 Å².